The molecule has 5 atom stereocenters. The van der Waals surface area contributed by atoms with Gasteiger partial charge in [0.2, 0.25) is 5.91 Å². The molecule has 2 fully saturated rings. The zero-order valence-electron chi connectivity index (χ0n) is 17.3. The van der Waals surface area contributed by atoms with Gasteiger partial charge in [0.1, 0.15) is 5.54 Å². The van der Waals surface area contributed by atoms with Crippen LogP contribution >= 0.6 is 0 Å². The quantitative estimate of drug-likeness (QED) is 0.179. The van der Waals surface area contributed by atoms with Crippen molar-refractivity contribution >= 4 is 29.2 Å². The molecule has 0 bridgehead atoms. The van der Waals surface area contributed by atoms with Crippen LogP contribution in [-0.2, 0) is 19.8 Å². The van der Waals surface area contributed by atoms with E-state index in [2.05, 4.69) is 5.32 Å². The molecule has 1 aliphatic heterocycles. The topological polar surface area (TPSA) is 200 Å². The summed E-state index contributed by atoms with van der Waals surface area (Å²) in [5.74, 6) is -2.34. The van der Waals surface area contributed by atoms with Crippen LogP contribution in [0.3, 0.4) is 0 Å². The summed E-state index contributed by atoms with van der Waals surface area (Å²) in [6, 6.07) is -1.48. The predicted octanol–water partition coefficient (Wildman–Crippen LogP) is -2.88. The average molecular weight is 449 g/mol. The van der Waals surface area contributed by atoms with Crippen molar-refractivity contribution < 1.29 is 33.2 Å². The van der Waals surface area contributed by atoms with E-state index < -0.39 is 46.8 Å². The van der Waals surface area contributed by atoms with Crippen LogP contribution in [0.1, 0.15) is 33.1 Å². The third-order valence-electron chi connectivity index (χ3n) is 5.81. The fraction of sp³-hybridized carbons (Fsp3) is 0.875. The number of rotatable bonds is 11. The summed E-state index contributed by atoms with van der Waals surface area (Å²) in [6.45, 7) is 2.90. The molecule has 0 aromatic heterocycles. The van der Waals surface area contributed by atoms with Gasteiger partial charge < -0.3 is 31.9 Å². The molecule has 30 heavy (non-hydrogen) atoms. The minimum Gasteiger partial charge on any atom is -0.480 e. The lowest BCUT2D eigenvalue weighted by molar-refractivity contribution is -0.144. The Hall–Kier alpha value is -1.29. The van der Waals surface area contributed by atoms with Crippen LogP contribution in [0.4, 0.5) is 0 Å². The molecule has 0 unspecified atom stereocenters. The number of amides is 1. The van der Waals surface area contributed by atoms with Crippen molar-refractivity contribution in [3.8, 4) is 0 Å². The molecule has 1 saturated heterocycles. The van der Waals surface area contributed by atoms with Gasteiger partial charge in [0.25, 0.3) is 10.2 Å². The van der Waals surface area contributed by atoms with Crippen LogP contribution in [0.15, 0.2) is 0 Å². The first-order valence-corrected chi connectivity index (χ1v) is 11.5. The number of carboxylic acid groups (broad SMARTS) is 1. The van der Waals surface area contributed by atoms with Gasteiger partial charge in [-0.25, -0.2) is 0 Å². The minimum absolute atomic E-state index is 0.0447. The molecular weight excluding hydrogens is 417 g/mol. The van der Waals surface area contributed by atoms with Gasteiger partial charge in [-0.05, 0) is 26.1 Å². The van der Waals surface area contributed by atoms with Gasteiger partial charge in [0.15, 0.2) is 0 Å². The van der Waals surface area contributed by atoms with E-state index in [1.165, 1.54) is 11.2 Å². The Labute approximate surface area is 176 Å². The first-order valence-electron chi connectivity index (χ1n) is 10.1. The van der Waals surface area contributed by atoms with Crippen LogP contribution in [0.5, 0.6) is 0 Å². The molecule has 1 aliphatic carbocycles. The summed E-state index contributed by atoms with van der Waals surface area (Å²) < 4.78 is 28.8. The lowest BCUT2D eigenvalue weighted by Crippen LogP contribution is -2.55. The number of carbonyl (C=O) groups is 2. The molecule has 12 nitrogen and oxygen atoms in total. The molecular formula is C16H32BN5O7S. The highest BCUT2D eigenvalue weighted by Crippen LogP contribution is 2.36. The SMILES string of the molecule is CCN([C@H]1C[C@@H]1NC(=O)[C@H](C)N)S(=O)(=O)N1C[C@H](CCCB(O)O)[C@](N)(C(=O)O)C1. The minimum atomic E-state index is -4.01. The molecule has 14 heteroatoms. The summed E-state index contributed by atoms with van der Waals surface area (Å²) in [6.07, 6.45) is 1.04. The van der Waals surface area contributed by atoms with Crippen LogP contribution < -0.4 is 16.8 Å². The number of hydrogen-bond acceptors (Lipinski definition) is 8. The second kappa shape index (κ2) is 9.46. The Morgan fingerprint density at radius 2 is 2.03 bits per heavy atom. The number of nitrogens with one attached hydrogen (secondary N) is 1. The van der Waals surface area contributed by atoms with Crippen LogP contribution in [-0.4, -0.2) is 94.5 Å². The number of likely N-dealkylation sites (N-methyl/N-ethyl adjacent to an activating group) is 1. The zero-order valence-corrected chi connectivity index (χ0v) is 18.1. The number of carbonyl (C=O) groups excluding carboxylic acids is 1. The second-order valence-electron chi connectivity index (χ2n) is 8.16. The van der Waals surface area contributed by atoms with Crippen molar-refractivity contribution in [1.29, 1.82) is 0 Å². The normalized spacial score (nSPS) is 30.3. The Bertz CT molecular complexity index is 752. The maximum atomic E-state index is 13.2. The van der Waals surface area contributed by atoms with Gasteiger partial charge in [-0.1, -0.05) is 13.3 Å². The molecule has 2 rings (SSSR count). The summed E-state index contributed by atoms with van der Waals surface area (Å²) in [5.41, 5.74) is 9.86. The van der Waals surface area contributed by atoms with E-state index >= 15 is 0 Å². The van der Waals surface area contributed by atoms with Gasteiger partial charge in [0, 0.05) is 37.6 Å². The fourth-order valence-electron chi connectivity index (χ4n) is 3.89. The first kappa shape index (κ1) is 25.0. The highest BCUT2D eigenvalue weighted by molar-refractivity contribution is 7.86. The second-order valence-corrected chi connectivity index (χ2v) is 10.0. The van der Waals surface area contributed by atoms with Crippen LogP contribution in [0.2, 0.25) is 6.32 Å². The Balaban J connectivity index is 2.12. The lowest BCUT2D eigenvalue weighted by Gasteiger charge is -2.27. The highest BCUT2D eigenvalue weighted by Gasteiger charge is 2.55. The van der Waals surface area contributed by atoms with E-state index in [1.807, 2.05) is 0 Å². The average Bonchev–Trinajstić information content (AvgIpc) is 3.27. The Kier molecular flexibility index (Phi) is 7.88. The molecule has 2 aliphatic rings. The maximum absolute atomic E-state index is 13.2. The standard InChI is InChI=1S/C16H32BN5O7S/c1-3-22(13-7-12(13)20-14(23)10(2)18)30(28,29)21-8-11(5-4-6-17(26)27)16(19,9-21)15(24)25/h10-13,26-27H,3-9,18-19H2,1-2H3,(H,20,23)(H,24,25)/t10-,11-,12-,13-,16-/m0/s1. The number of nitrogens with zero attached hydrogens (tertiary/aromatic N) is 2. The van der Waals surface area contributed by atoms with E-state index in [1.54, 1.807) is 6.92 Å². The van der Waals surface area contributed by atoms with E-state index in [4.69, 9.17) is 21.5 Å². The van der Waals surface area contributed by atoms with E-state index in [0.717, 1.165) is 4.31 Å². The summed E-state index contributed by atoms with van der Waals surface area (Å²) in [5, 5.41) is 30.3. The highest BCUT2D eigenvalue weighted by atomic mass is 32.2. The third-order valence-corrected chi connectivity index (χ3v) is 7.86. The van der Waals surface area contributed by atoms with Crippen LogP contribution in [0, 0.1) is 5.92 Å². The van der Waals surface area contributed by atoms with Gasteiger partial charge in [-0.15, -0.1) is 0 Å². The van der Waals surface area contributed by atoms with Crippen molar-refractivity contribution in [1.82, 2.24) is 13.9 Å². The fourth-order valence-corrected chi connectivity index (χ4v) is 5.84. The van der Waals surface area contributed by atoms with Crippen molar-refractivity contribution in [2.75, 3.05) is 19.6 Å². The van der Waals surface area contributed by atoms with Crippen molar-refractivity contribution in [2.45, 2.75) is 63.1 Å². The number of hydrogen-bond donors (Lipinski definition) is 6. The lowest BCUT2D eigenvalue weighted by atomic mass is 9.78. The molecule has 1 amide bonds. The Morgan fingerprint density at radius 1 is 1.40 bits per heavy atom. The predicted molar refractivity (Wildman–Crippen MR) is 109 cm³/mol. The van der Waals surface area contributed by atoms with Crippen molar-refractivity contribution in [3.05, 3.63) is 0 Å². The molecule has 172 valence electrons. The molecule has 0 spiro atoms. The summed E-state index contributed by atoms with van der Waals surface area (Å²) >= 11 is 0. The van der Waals surface area contributed by atoms with Gasteiger partial charge in [0.05, 0.1) is 6.04 Å². The zero-order chi connectivity index (χ0) is 22.9. The smallest absolute Gasteiger partial charge is 0.451 e. The molecule has 0 aromatic rings. The molecule has 0 aromatic carbocycles. The first-order chi connectivity index (χ1) is 13.8. The molecule has 1 saturated carbocycles. The van der Waals surface area contributed by atoms with Crippen molar-refractivity contribution in [3.63, 3.8) is 0 Å². The summed E-state index contributed by atoms with van der Waals surface area (Å²) in [4.78, 5) is 23.6. The van der Waals surface area contributed by atoms with Gasteiger partial charge in [-0.3, -0.25) is 9.59 Å². The molecule has 1 heterocycles. The largest absolute Gasteiger partial charge is 0.480 e. The Morgan fingerprint density at radius 3 is 2.53 bits per heavy atom. The monoisotopic (exact) mass is 449 g/mol. The molecule has 0 radical (unpaired) electrons. The van der Waals surface area contributed by atoms with Crippen molar-refractivity contribution in [2.24, 2.45) is 17.4 Å². The number of nitrogens with two attached hydrogens (primary N) is 2. The number of aliphatic carboxylic acids is 1. The van der Waals surface area contributed by atoms with Gasteiger partial charge in [-0.2, -0.15) is 17.0 Å². The van der Waals surface area contributed by atoms with E-state index in [9.17, 15) is 23.1 Å². The third kappa shape index (κ3) is 5.30. The summed E-state index contributed by atoms with van der Waals surface area (Å²) in [7, 11) is -5.53. The van der Waals surface area contributed by atoms with E-state index in [-0.39, 0.29) is 44.3 Å². The number of carboxylic acids is 1. The maximum Gasteiger partial charge on any atom is 0.451 e. The molecule has 8 N–H and O–H groups in total. The van der Waals surface area contributed by atoms with Gasteiger partial charge >= 0.3 is 13.1 Å². The van der Waals surface area contributed by atoms with E-state index in [0.29, 0.717) is 12.8 Å². The van der Waals surface area contributed by atoms with Crippen LogP contribution in [0.25, 0.3) is 0 Å².